The molecule has 7 heteroatoms. The van der Waals surface area contributed by atoms with Crippen LogP contribution in [0.5, 0.6) is 11.5 Å². The Bertz CT molecular complexity index is 955. The first kappa shape index (κ1) is 17.1. The summed E-state index contributed by atoms with van der Waals surface area (Å²) in [6.07, 6.45) is 0.350. The second kappa shape index (κ2) is 7.11. The molecule has 0 spiro atoms. The van der Waals surface area contributed by atoms with Crippen molar-refractivity contribution in [3.63, 3.8) is 0 Å². The molecule has 1 aliphatic heterocycles. The van der Waals surface area contributed by atoms with Crippen LogP contribution in [0.1, 0.15) is 18.2 Å². The van der Waals surface area contributed by atoms with E-state index in [1.165, 1.54) is 0 Å². The average molecular weight is 365 g/mol. The molecular weight excluding hydrogens is 346 g/mol. The van der Waals surface area contributed by atoms with Crippen molar-refractivity contribution in [1.82, 2.24) is 10.1 Å². The SMILES string of the molecule is COc1ccc(-c2noc([C@H]3CC(=O)N(c4ccccc4)C3)n2)cc1OC. The largest absolute Gasteiger partial charge is 0.493 e. The van der Waals surface area contributed by atoms with Crippen molar-refractivity contribution in [2.75, 3.05) is 25.7 Å². The molecule has 0 N–H and O–H groups in total. The lowest BCUT2D eigenvalue weighted by atomic mass is 10.1. The lowest BCUT2D eigenvalue weighted by molar-refractivity contribution is -0.117. The van der Waals surface area contributed by atoms with Crippen LogP contribution < -0.4 is 14.4 Å². The van der Waals surface area contributed by atoms with Crippen LogP contribution in [0.3, 0.4) is 0 Å². The highest BCUT2D eigenvalue weighted by atomic mass is 16.5. The van der Waals surface area contributed by atoms with Crippen LogP contribution in [0.15, 0.2) is 53.1 Å². The van der Waals surface area contributed by atoms with E-state index in [4.69, 9.17) is 14.0 Å². The van der Waals surface area contributed by atoms with Crippen LogP contribution in [-0.2, 0) is 4.79 Å². The number of carbonyl (C=O) groups is 1. The van der Waals surface area contributed by atoms with E-state index in [1.807, 2.05) is 36.4 Å². The van der Waals surface area contributed by atoms with Crippen molar-refractivity contribution in [2.45, 2.75) is 12.3 Å². The number of aromatic nitrogens is 2. The molecule has 1 atom stereocenters. The summed E-state index contributed by atoms with van der Waals surface area (Å²) in [4.78, 5) is 18.7. The Morgan fingerprint density at radius 3 is 2.59 bits per heavy atom. The molecule has 2 aromatic carbocycles. The highest BCUT2D eigenvalue weighted by Gasteiger charge is 2.35. The minimum atomic E-state index is -0.126. The Labute approximate surface area is 156 Å². The summed E-state index contributed by atoms with van der Waals surface area (Å²) >= 11 is 0. The van der Waals surface area contributed by atoms with Gasteiger partial charge in [-0.15, -0.1) is 0 Å². The minimum Gasteiger partial charge on any atom is -0.493 e. The summed E-state index contributed by atoms with van der Waals surface area (Å²) in [5, 5.41) is 4.07. The number of hydrogen-bond donors (Lipinski definition) is 0. The van der Waals surface area contributed by atoms with E-state index < -0.39 is 0 Å². The zero-order chi connectivity index (χ0) is 18.8. The van der Waals surface area contributed by atoms with E-state index in [2.05, 4.69) is 10.1 Å². The van der Waals surface area contributed by atoms with Crippen molar-refractivity contribution in [1.29, 1.82) is 0 Å². The first-order valence-electron chi connectivity index (χ1n) is 8.61. The number of nitrogens with zero attached hydrogens (tertiary/aromatic N) is 3. The topological polar surface area (TPSA) is 77.7 Å². The van der Waals surface area contributed by atoms with Gasteiger partial charge in [-0.25, -0.2) is 0 Å². The highest BCUT2D eigenvalue weighted by molar-refractivity contribution is 5.96. The monoisotopic (exact) mass is 365 g/mol. The Hall–Kier alpha value is -3.35. The highest BCUT2D eigenvalue weighted by Crippen LogP contribution is 2.34. The number of benzene rings is 2. The molecule has 7 nitrogen and oxygen atoms in total. The Kier molecular flexibility index (Phi) is 4.50. The maximum atomic E-state index is 12.4. The average Bonchev–Trinajstić information content (AvgIpc) is 3.35. The minimum absolute atomic E-state index is 0.0528. The van der Waals surface area contributed by atoms with Gasteiger partial charge in [0.25, 0.3) is 0 Å². The normalized spacial score (nSPS) is 16.6. The number of carbonyl (C=O) groups excluding carboxylic acids is 1. The Morgan fingerprint density at radius 1 is 1.07 bits per heavy atom. The van der Waals surface area contributed by atoms with E-state index in [0.717, 1.165) is 11.3 Å². The predicted octanol–water partition coefficient (Wildman–Crippen LogP) is 3.27. The number of para-hydroxylation sites is 1. The standard InChI is InChI=1S/C20H19N3O4/c1-25-16-9-8-13(10-17(16)26-2)19-21-20(27-22-19)14-11-18(24)23(12-14)15-6-4-3-5-7-15/h3-10,14H,11-12H2,1-2H3/t14-/m0/s1. The molecule has 0 aliphatic carbocycles. The van der Waals surface area contributed by atoms with Gasteiger partial charge < -0.3 is 18.9 Å². The number of hydrogen-bond acceptors (Lipinski definition) is 6. The number of anilines is 1. The van der Waals surface area contributed by atoms with Gasteiger partial charge in [0.1, 0.15) is 0 Å². The molecule has 0 unspecified atom stereocenters. The molecule has 0 bridgehead atoms. The first-order chi connectivity index (χ1) is 13.2. The molecule has 1 aliphatic rings. The molecule has 0 saturated carbocycles. The predicted molar refractivity (Wildman–Crippen MR) is 99.0 cm³/mol. The molecule has 1 fully saturated rings. The van der Waals surface area contributed by atoms with Gasteiger partial charge in [-0.2, -0.15) is 4.98 Å². The summed E-state index contributed by atoms with van der Waals surface area (Å²) < 4.78 is 16.0. The third-order valence-corrected chi connectivity index (χ3v) is 4.63. The molecule has 1 saturated heterocycles. The Morgan fingerprint density at radius 2 is 1.85 bits per heavy atom. The molecule has 138 valence electrons. The second-order valence-corrected chi connectivity index (χ2v) is 6.27. The molecule has 0 radical (unpaired) electrons. The van der Waals surface area contributed by atoms with E-state index in [-0.39, 0.29) is 11.8 Å². The van der Waals surface area contributed by atoms with Gasteiger partial charge in [-0.1, -0.05) is 23.4 Å². The van der Waals surface area contributed by atoms with Crippen LogP contribution in [0.2, 0.25) is 0 Å². The third kappa shape index (κ3) is 3.23. The molecule has 2 heterocycles. The maximum Gasteiger partial charge on any atom is 0.232 e. The van der Waals surface area contributed by atoms with Crippen LogP contribution in [-0.4, -0.2) is 36.8 Å². The molecule has 1 amide bonds. The van der Waals surface area contributed by atoms with Crippen molar-refractivity contribution in [2.24, 2.45) is 0 Å². The molecule has 3 aromatic rings. The van der Waals surface area contributed by atoms with Gasteiger partial charge >= 0.3 is 0 Å². The molecule has 4 rings (SSSR count). The number of rotatable bonds is 5. The van der Waals surface area contributed by atoms with Crippen molar-refractivity contribution in [3.8, 4) is 22.9 Å². The zero-order valence-electron chi connectivity index (χ0n) is 15.1. The Balaban J connectivity index is 1.56. The van der Waals surface area contributed by atoms with E-state index >= 15 is 0 Å². The third-order valence-electron chi connectivity index (χ3n) is 4.63. The number of methoxy groups -OCH3 is 2. The zero-order valence-corrected chi connectivity index (χ0v) is 15.1. The van der Waals surface area contributed by atoms with Crippen molar-refractivity contribution in [3.05, 3.63) is 54.4 Å². The summed E-state index contributed by atoms with van der Waals surface area (Å²) in [7, 11) is 3.16. The fourth-order valence-corrected chi connectivity index (χ4v) is 3.22. The van der Waals surface area contributed by atoms with Gasteiger partial charge in [0.15, 0.2) is 11.5 Å². The number of amides is 1. The molecule has 27 heavy (non-hydrogen) atoms. The number of ether oxygens (including phenoxy) is 2. The summed E-state index contributed by atoms with van der Waals surface area (Å²) in [5.74, 6) is 2.07. The van der Waals surface area contributed by atoms with Crippen LogP contribution in [0.4, 0.5) is 5.69 Å². The summed E-state index contributed by atoms with van der Waals surface area (Å²) in [5.41, 5.74) is 1.64. The smallest absolute Gasteiger partial charge is 0.232 e. The molecular formula is C20H19N3O4. The van der Waals surface area contributed by atoms with Crippen LogP contribution in [0.25, 0.3) is 11.4 Å². The quantitative estimate of drug-likeness (QED) is 0.691. The first-order valence-corrected chi connectivity index (χ1v) is 8.61. The van der Waals surface area contributed by atoms with Gasteiger partial charge in [0, 0.05) is 24.2 Å². The van der Waals surface area contributed by atoms with Crippen LogP contribution >= 0.6 is 0 Å². The summed E-state index contributed by atoms with van der Waals surface area (Å²) in [6.45, 7) is 0.524. The van der Waals surface area contributed by atoms with Crippen LogP contribution in [0, 0.1) is 0 Å². The second-order valence-electron chi connectivity index (χ2n) is 6.27. The lowest BCUT2D eigenvalue weighted by Crippen LogP contribution is -2.24. The van der Waals surface area contributed by atoms with E-state index in [9.17, 15) is 4.79 Å². The molecule has 1 aromatic heterocycles. The van der Waals surface area contributed by atoms with Crippen molar-refractivity contribution >= 4 is 11.6 Å². The fraction of sp³-hybridized carbons (Fsp3) is 0.250. The lowest BCUT2D eigenvalue weighted by Gasteiger charge is -2.15. The van der Waals surface area contributed by atoms with Gasteiger partial charge in [-0.05, 0) is 30.3 Å². The van der Waals surface area contributed by atoms with Gasteiger partial charge in [0.05, 0.1) is 20.1 Å². The maximum absolute atomic E-state index is 12.4. The fourth-order valence-electron chi connectivity index (χ4n) is 3.22. The van der Waals surface area contributed by atoms with Gasteiger partial charge in [-0.3, -0.25) is 4.79 Å². The van der Waals surface area contributed by atoms with Gasteiger partial charge in [0.2, 0.25) is 17.6 Å². The van der Waals surface area contributed by atoms with E-state index in [0.29, 0.717) is 36.2 Å². The summed E-state index contributed by atoms with van der Waals surface area (Å²) in [6, 6.07) is 15.0. The van der Waals surface area contributed by atoms with Crippen molar-refractivity contribution < 1.29 is 18.8 Å². The van der Waals surface area contributed by atoms with E-state index in [1.54, 1.807) is 31.3 Å².